The lowest BCUT2D eigenvalue weighted by atomic mass is 9.94. The molecule has 0 radical (unpaired) electrons. The molecule has 2 saturated carbocycles. The van der Waals surface area contributed by atoms with Gasteiger partial charge in [0.05, 0.1) is 12.8 Å². The Kier molecular flexibility index (Phi) is 4.05. The van der Waals surface area contributed by atoms with Gasteiger partial charge in [-0.1, -0.05) is 11.3 Å². The summed E-state index contributed by atoms with van der Waals surface area (Å²) in [6.07, 6.45) is 8.56. The predicted molar refractivity (Wildman–Crippen MR) is 83.2 cm³/mol. The summed E-state index contributed by atoms with van der Waals surface area (Å²) in [6.45, 7) is 2.07. The van der Waals surface area contributed by atoms with Crippen LogP contribution in [0, 0.1) is 17.8 Å². The van der Waals surface area contributed by atoms with E-state index in [2.05, 4.69) is 10.3 Å². The van der Waals surface area contributed by atoms with Crippen LogP contribution in [0.5, 0.6) is 5.19 Å². The molecule has 0 aromatic carbocycles. The number of hydrogen-bond acceptors (Lipinski definition) is 5. The van der Waals surface area contributed by atoms with Crippen LogP contribution < -0.4 is 10.1 Å². The third kappa shape index (κ3) is 3.13. The van der Waals surface area contributed by atoms with Crippen LogP contribution in [0.3, 0.4) is 0 Å². The smallest absolute Gasteiger partial charge is 0.273 e. The molecule has 5 nitrogen and oxygen atoms in total. The first-order valence-electron chi connectivity index (χ1n) is 8.28. The molecule has 120 valence electrons. The second kappa shape index (κ2) is 6.16. The molecule has 2 bridgehead atoms. The molecule has 6 heteroatoms. The minimum Gasteiger partial charge on any atom is -0.467 e. The third-order valence-electron chi connectivity index (χ3n) is 5.29. The Morgan fingerprint density at radius 3 is 2.77 bits per heavy atom. The summed E-state index contributed by atoms with van der Waals surface area (Å²) < 4.78 is 10.6. The zero-order valence-corrected chi connectivity index (χ0v) is 13.4. The quantitative estimate of drug-likeness (QED) is 0.783. The summed E-state index contributed by atoms with van der Waals surface area (Å²) in [6, 6.07) is 0. The predicted octanol–water partition coefficient (Wildman–Crippen LogP) is 2.48. The Morgan fingerprint density at radius 2 is 2.09 bits per heavy atom. The second-order valence-electron chi connectivity index (χ2n) is 6.64. The minimum absolute atomic E-state index is 0.0274. The van der Waals surface area contributed by atoms with Gasteiger partial charge < -0.3 is 14.8 Å². The molecule has 1 N–H and O–H groups in total. The molecule has 1 aromatic heterocycles. The molecule has 1 saturated heterocycles. The highest BCUT2D eigenvalue weighted by molar-refractivity contribution is 7.15. The normalized spacial score (nSPS) is 32.2. The van der Waals surface area contributed by atoms with Crippen LogP contribution in [0.2, 0.25) is 0 Å². The van der Waals surface area contributed by atoms with Crippen molar-refractivity contribution in [1.29, 1.82) is 0 Å². The van der Waals surface area contributed by atoms with E-state index in [0.717, 1.165) is 37.3 Å². The highest BCUT2D eigenvalue weighted by atomic mass is 32.1. The Labute approximate surface area is 134 Å². The van der Waals surface area contributed by atoms with Crippen molar-refractivity contribution in [2.45, 2.75) is 38.2 Å². The van der Waals surface area contributed by atoms with Gasteiger partial charge in [0.25, 0.3) is 11.1 Å². The van der Waals surface area contributed by atoms with Gasteiger partial charge in [0.1, 0.15) is 17.6 Å². The standard InChI is InChI=1S/C16H22N2O3S/c19-15(14-7-18-16(22-14)21-9-12-8-20-12)17-6-5-13-10-1-2-11(13)4-3-10/h7,10-13H,1-6,8-9H2,(H,17,19). The first kappa shape index (κ1) is 14.5. The molecule has 22 heavy (non-hydrogen) atoms. The van der Waals surface area contributed by atoms with Crippen molar-refractivity contribution in [3.8, 4) is 5.19 Å². The average molecular weight is 322 g/mol. The van der Waals surface area contributed by atoms with Crippen molar-refractivity contribution < 1.29 is 14.3 Å². The van der Waals surface area contributed by atoms with E-state index in [1.54, 1.807) is 6.20 Å². The topological polar surface area (TPSA) is 63.8 Å². The molecule has 2 aliphatic carbocycles. The lowest BCUT2D eigenvalue weighted by molar-refractivity contribution is 0.0954. The monoisotopic (exact) mass is 322 g/mol. The molecule has 1 aromatic rings. The lowest BCUT2D eigenvalue weighted by Crippen LogP contribution is -2.26. The van der Waals surface area contributed by atoms with Gasteiger partial charge in [-0.25, -0.2) is 4.98 Å². The van der Waals surface area contributed by atoms with Crippen LogP contribution in [-0.2, 0) is 4.74 Å². The number of nitrogens with zero attached hydrogens (tertiary/aromatic N) is 1. The van der Waals surface area contributed by atoms with Crippen LogP contribution in [0.25, 0.3) is 0 Å². The van der Waals surface area contributed by atoms with Gasteiger partial charge >= 0.3 is 0 Å². The van der Waals surface area contributed by atoms with E-state index >= 15 is 0 Å². The fourth-order valence-corrected chi connectivity index (χ4v) is 4.75. The number of ether oxygens (including phenoxy) is 2. The van der Waals surface area contributed by atoms with Crippen molar-refractivity contribution in [1.82, 2.24) is 10.3 Å². The Hall–Kier alpha value is -1.14. The second-order valence-corrected chi connectivity index (χ2v) is 7.63. The molecule has 1 amide bonds. The minimum atomic E-state index is -0.0274. The number of epoxide rings is 1. The Bertz CT molecular complexity index is 523. The molecule has 1 aliphatic heterocycles. The van der Waals surface area contributed by atoms with Crippen LogP contribution >= 0.6 is 11.3 Å². The number of carbonyl (C=O) groups is 1. The van der Waals surface area contributed by atoms with E-state index in [4.69, 9.17) is 9.47 Å². The largest absolute Gasteiger partial charge is 0.467 e. The SMILES string of the molecule is O=C(NCCC1C2CCC1CC2)c1cnc(OCC2CO2)s1. The van der Waals surface area contributed by atoms with Crippen LogP contribution in [0.15, 0.2) is 6.20 Å². The van der Waals surface area contributed by atoms with Gasteiger partial charge in [-0.2, -0.15) is 0 Å². The van der Waals surface area contributed by atoms with Gasteiger partial charge in [0, 0.05) is 6.54 Å². The molecular weight excluding hydrogens is 300 g/mol. The maximum atomic E-state index is 12.1. The lowest BCUT2D eigenvalue weighted by Gasteiger charge is -2.15. The number of aromatic nitrogens is 1. The Balaban J connectivity index is 1.22. The number of rotatable bonds is 7. The molecule has 1 atom stereocenters. The number of carbonyl (C=O) groups excluding carboxylic acids is 1. The number of hydrogen-bond donors (Lipinski definition) is 1. The molecule has 4 rings (SSSR count). The summed E-state index contributed by atoms with van der Waals surface area (Å²) in [5.74, 6) is 2.67. The maximum Gasteiger partial charge on any atom is 0.273 e. The highest BCUT2D eigenvalue weighted by Crippen LogP contribution is 2.50. The fourth-order valence-electron chi connectivity index (χ4n) is 4.06. The zero-order chi connectivity index (χ0) is 14.9. The van der Waals surface area contributed by atoms with E-state index in [0.29, 0.717) is 16.7 Å². The number of nitrogens with one attached hydrogen (secondary N) is 1. The van der Waals surface area contributed by atoms with Gasteiger partial charge in [0.15, 0.2) is 0 Å². The first-order valence-corrected chi connectivity index (χ1v) is 9.09. The summed E-state index contributed by atoms with van der Waals surface area (Å²) in [7, 11) is 0. The molecule has 3 fully saturated rings. The summed E-state index contributed by atoms with van der Waals surface area (Å²) in [5, 5.41) is 3.59. The molecule has 3 aliphatic rings. The average Bonchev–Trinajstić information content (AvgIpc) is 2.95. The van der Waals surface area contributed by atoms with E-state index < -0.39 is 0 Å². The van der Waals surface area contributed by atoms with Crippen molar-refractivity contribution in [2.24, 2.45) is 17.8 Å². The van der Waals surface area contributed by atoms with Crippen molar-refractivity contribution in [3.63, 3.8) is 0 Å². The van der Waals surface area contributed by atoms with Crippen LogP contribution in [0.4, 0.5) is 0 Å². The van der Waals surface area contributed by atoms with Gasteiger partial charge in [-0.05, 0) is 49.9 Å². The highest BCUT2D eigenvalue weighted by Gasteiger charge is 2.40. The summed E-state index contributed by atoms with van der Waals surface area (Å²) in [4.78, 5) is 16.9. The van der Waals surface area contributed by atoms with Crippen LogP contribution in [0.1, 0.15) is 41.8 Å². The van der Waals surface area contributed by atoms with Gasteiger partial charge in [-0.15, -0.1) is 0 Å². The van der Waals surface area contributed by atoms with E-state index in [9.17, 15) is 4.79 Å². The molecular formula is C16H22N2O3S. The van der Waals surface area contributed by atoms with Crippen LogP contribution in [-0.4, -0.2) is 36.8 Å². The third-order valence-corrected chi connectivity index (χ3v) is 6.20. The zero-order valence-electron chi connectivity index (χ0n) is 12.6. The van der Waals surface area contributed by atoms with Gasteiger partial charge in [-0.3, -0.25) is 4.79 Å². The summed E-state index contributed by atoms with van der Waals surface area (Å²) in [5.41, 5.74) is 0. The van der Waals surface area contributed by atoms with E-state index in [1.807, 2.05) is 0 Å². The fraction of sp³-hybridized carbons (Fsp3) is 0.750. The maximum absolute atomic E-state index is 12.1. The first-order chi connectivity index (χ1) is 10.8. The van der Waals surface area contributed by atoms with Crippen molar-refractivity contribution >= 4 is 17.2 Å². The summed E-state index contributed by atoms with van der Waals surface area (Å²) >= 11 is 1.31. The molecule has 0 spiro atoms. The van der Waals surface area contributed by atoms with E-state index in [-0.39, 0.29) is 12.0 Å². The molecule has 1 unspecified atom stereocenters. The van der Waals surface area contributed by atoms with Crippen molar-refractivity contribution in [3.05, 3.63) is 11.1 Å². The van der Waals surface area contributed by atoms with Gasteiger partial charge in [0.2, 0.25) is 0 Å². The number of fused-ring (bicyclic) bond motifs is 2. The van der Waals surface area contributed by atoms with Crippen molar-refractivity contribution in [2.75, 3.05) is 19.8 Å². The number of thiazole rings is 1. The Morgan fingerprint density at radius 1 is 1.36 bits per heavy atom. The van der Waals surface area contributed by atoms with E-state index in [1.165, 1.54) is 37.0 Å². The number of amides is 1. The molecule has 2 heterocycles.